The Kier molecular flexibility index (Phi) is 7.01. The van der Waals surface area contributed by atoms with Crippen LogP contribution in [0.25, 0.3) is 0 Å². The summed E-state index contributed by atoms with van der Waals surface area (Å²) in [4.78, 5) is 32.5. The SMILES string of the molecule is CC1(C)O[C@@H]2[C@H](O1)[C@@H](COP(=O)(O)ON)O[C@H]2N1C=[N+]c2c1ncn(CCCCCO)c2=O. The Morgan fingerprint density at radius 1 is 1.30 bits per heavy atom. The predicted octanol–water partition coefficient (Wildman–Crippen LogP) is -0.526. The Morgan fingerprint density at radius 2 is 2.06 bits per heavy atom. The topological polar surface area (TPSA) is 182 Å². The fourth-order valence-corrected chi connectivity index (χ4v) is 4.47. The van der Waals surface area contributed by atoms with Crippen LogP contribution in [0.1, 0.15) is 33.1 Å². The molecule has 33 heavy (non-hydrogen) atoms. The van der Waals surface area contributed by atoms with Gasteiger partial charge < -0.3 is 24.2 Å². The smallest absolute Gasteiger partial charge is 0.396 e. The highest BCUT2D eigenvalue weighted by Gasteiger charge is 2.60. The van der Waals surface area contributed by atoms with Gasteiger partial charge in [0.15, 0.2) is 11.9 Å². The van der Waals surface area contributed by atoms with E-state index in [0.29, 0.717) is 18.8 Å². The molecule has 4 heterocycles. The number of anilines is 1. The van der Waals surface area contributed by atoms with E-state index in [4.69, 9.17) is 29.7 Å². The third-order valence-corrected chi connectivity index (χ3v) is 6.28. The van der Waals surface area contributed by atoms with Crippen molar-refractivity contribution >= 4 is 25.7 Å². The Labute approximate surface area is 189 Å². The van der Waals surface area contributed by atoms with Gasteiger partial charge in [0.1, 0.15) is 18.5 Å². The first-order chi connectivity index (χ1) is 15.7. The molecule has 3 aliphatic rings. The van der Waals surface area contributed by atoms with Gasteiger partial charge >= 0.3 is 19.1 Å². The van der Waals surface area contributed by atoms with Crippen LogP contribution in [-0.2, 0) is 34.5 Å². The molecule has 0 spiro atoms. The molecule has 14 nitrogen and oxygen atoms in total. The van der Waals surface area contributed by atoms with Crippen LogP contribution in [0, 0.1) is 0 Å². The third kappa shape index (κ3) is 5.04. The normalized spacial score (nSPS) is 29.3. The number of aliphatic imine (C=N–C) groups is 1. The van der Waals surface area contributed by atoms with Crippen LogP contribution >= 0.6 is 7.82 Å². The summed E-state index contributed by atoms with van der Waals surface area (Å²) in [5, 5.41) is 8.90. The van der Waals surface area contributed by atoms with E-state index in [9.17, 15) is 14.3 Å². The molecule has 4 rings (SSSR count). The first-order valence-electron chi connectivity index (χ1n) is 10.6. The second kappa shape index (κ2) is 9.49. The summed E-state index contributed by atoms with van der Waals surface area (Å²) in [6.45, 7) is 3.71. The van der Waals surface area contributed by atoms with Gasteiger partial charge in [0.25, 0.3) is 12.2 Å². The number of hydrogen-bond acceptors (Lipinski definition) is 12. The summed E-state index contributed by atoms with van der Waals surface area (Å²) in [6, 6.07) is 0. The summed E-state index contributed by atoms with van der Waals surface area (Å²) in [5.41, 5.74) is -0.114. The molecular weight excluding hydrogens is 461 g/mol. The molecule has 2 fully saturated rings. The molecule has 0 saturated carbocycles. The standard InChI is InChI=1S/C18H28N5O9P/c1-18(2)30-13-11(8-28-33(26,27)32-19)29-17(14(13)31-18)23-10-20-12-15(23)21-9-22(16(12)25)6-4-3-5-7-24/h9-11,13-14,17,24H,3-8,19H2,1-2H3,(H,26,27)/q+1/t11-,13-,14-,17-/m1/s1. The number of aliphatic hydroxyl groups is 1. The van der Waals surface area contributed by atoms with Crippen molar-refractivity contribution in [3.8, 4) is 0 Å². The Hall–Kier alpha value is -1.74. The summed E-state index contributed by atoms with van der Waals surface area (Å²) < 4.78 is 39.9. The van der Waals surface area contributed by atoms with Gasteiger partial charge in [-0.25, -0.2) is 15.1 Å². The molecular formula is C18H28N5O9P+. The van der Waals surface area contributed by atoms with Crippen molar-refractivity contribution in [2.75, 3.05) is 18.1 Å². The minimum absolute atomic E-state index is 0.115. The van der Waals surface area contributed by atoms with E-state index in [1.165, 1.54) is 17.2 Å². The molecule has 1 unspecified atom stereocenters. The van der Waals surface area contributed by atoms with Gasteiger partial charge in [0.05, 0.1) is 6.61 Å². The average molecular weight is 489 g/mol. The van der Waals surface area contributed by atoms with Crippen molar-refractivity contribution in [2.45, 2.75) is 70.0 Å². The molecule has 2 saturated heterocycles. The van der Waals surface area contributed by atoms with E-state index >= 15 is 0 Å². The van der Waals surface area contributed by atoms with Gasteiger partial charge in [0, 0.05) is 13.2 Å². The summed E-state index contributed by atoms with van der Waals surface area (Å²) in [5.74, 6) is 4.15. The number of aryl methyl sites for hydroxylation is 1. The summed E-state index contributed by atoms with van der Waals surface area (Å²) in [7, 11) is -4.43. The summed E-state index contributed by atoms with van der Waals surface area (Å²) >= 11 is 0. The van der Waals surface area contributed by atoms with E-state index in [2.05, 4.69) is 14.6 Å². The molecule has 0 aliphatic carbocycles. The van der Waals surface area contributed by atoms with E-state index < -0.39 is 38.1 Å². The lowest BCUT2D eigenvalue weighted by Crippen LogP contribution is -2.43. The predicted molar refractivity (Wildman–Crippen MR) is 113 cm³/mol. The van der Waals surface area contributed by atoms with Crippen LogP contribution in [0.5, 0.6) is 0 Å². The zero-order valence-electron chi connectivity index (χ0n) is 18.3. The number of phosphoric acid groups is 1. The van der Waals surface area contributed by atoms with Gasteiger partial charge in [-0.1, -0.05) is 0 Å². The molecule has 4 N–H and O–H groups in total. The number of nitrogens with two attached hydrogens (primary N) is 1. The van der Waals surface area contributed by atoms with Crippen LogP contribution in [0.4, 0.5) is 11.5 Å². The molecule has 183 valence electrons. The van der Waals surface area contributed by atoms with Crippen LogP contribution < -0.4 is 21.3 Å². The maximum atomic E-state index is 12.9. The molecule has 3 aliphatic heterocycles. The second-order valence-corrected chi connectivity index (χ2v) is 9.76. The lowest BCUT2D eigenvalue weighted by Gasteiger charge is -2.25. The Bertz CT molecular complexity index is 1000. The Balaban J connectivity index is 1.52. The fourth-order valence-electron chi connectivity index (χ4n) is 4.08. The summed E-state index contributed by atoms with van der Waals surface area (Å²) in [6.07, 6.45) is 2.26. The first kappa shape index (κ1) is 24.4. The minimum atomic E-state index is -4.43. The van der Waals surface area contributed by atoms with E-state index in [1.807, 2.05) is 0 Å². The number of aliphatic hydroxyl groups excluding tert-OH is 1. The van der Waals surface area contributed by atoms with Crippen molar-refractivity contribution in [1.82, 2.24) is 14.5 Å². The molecule has 0 aromatic carbocycles. The van der Waals surface area contributed by atoms with E-state index in [-0.39, 0.29) is 24.5 Å². The maximum absolute atomic E-state index is 12.9. The third-order valence-electron chi connectivity index (χ3n) is 5.54. The fraction of sp³-hybridized carbons (Fsp3) is 0.722. The van der Waals surface area contributed by atoms with Crippen LogP contribution in [0.3, 0.4) is 0 Å². The van der Waals surface area contributed by atoms with Crippen LogP contribution in [-0.4, -0.2) is 69.4 Å². The van der Waals surface area contributed by atoms with Crippen molar-refractivity contribution < 1.29 is 37.9 Å². The van der Waals surface area contributed by atoms with Crippen molar-refractivity contribution in [1.29, 1.82) is 0 Å². The number of rotatable bonds is 10. The quantitative estimate of drug-likeness (QED) is 0.217. The number of aromatic nitrogens is 2. The monoisotopic (exact) mass is 489 g/mol. The largest absolute Gasteiger partial charge is 0.488 e. The average Bonchev–Trinajstić information content (AvgIpc) is 3.42. The van der Waals surface area contributed by atoms with Crippen molar-refractivity contribution in [2.24, 2.45) is 5.90 Å². The highest BCUT2D eigenvalue weighted by molar-refractivity contribution is 7.47. The number of unbranched alkanes of at least 4 members (excludes halogenated alkanes) is 2. The van der Waals surface area contributed by atoms with E-state index in [0.717, 1.165) is 12.8 Å². The lowest BCUT2D eigenvalue weighted by atomic mass is 10.1. The number of phosphoric ester groups is 1. The van der Waals surface area contributed by atoms with Crippen LogP contribution in [0.2, 0.25) is 0 Å². The van der Waals surface area contributed by atoms with Gasteiger partial charge in [0.2, 0.25) is 6.23 Å². The van der Waals surface area contributed by atoms with E-state index in [1.54, 1.807) is 18.7 Å². The van der Waals surface area contributed by atoms with Gasteiger partial charge in [-0.3, -0.25) is 13.9 Å². The van der Waals surface area contributed by atoms with Crippen molar-refractivity contribution in [3.05, 3.63) is 16.7 Å². The molecule has 1 aromatic heterocycles. The number of nitrogens with zero attached hydrogens (tertiary/aromatic N) is 4. The molecule has 0 bridgehead atoms. The number of fused-ring (bicyclic) bond motifs is 2. The zero-order valence-corrected chi connectivity index (χ0v) is 19.2. The molecule has 15 heteroatoms. The number of ether oxygens (including phenoxy) is 3. The minimum Gasteiger partial charge on any atom is -0.396 e. The molecule has 0 amide bonds. The lowest BCUT2D eigenvalue weighted by molar-refractivity contribution is -0.188. The highest BCUT2D eigenvalue weighted by atomic mass is 31.2. The Morgan fingerprint density at radius 3 is 2.79 bits per heavy atom. The number of hydrogen-bond donors (Lipinski definition) is 3. The van der Waals surface area contributed by atoms with Gasteiger partial charge in [-0.05, 0) is 38.1 Å². The second-order valence-electron chi connectivity index (χ2n) is 8.35. The zero-order chi connectivity index (χ0) is 23.8. The molecule has 1 radical (unpaired) electrons. The van der Waals surface area contributed by atoms with Crippen molar-refractivity contribution in [3.63, 3.8) is 0 Å². The molecule has 1 aromatic rings. The molecule has 5 atom stereocenters. The first-order valence-corrected chi connectivity index (χ1v) is 12.0. The van der Waals surface area contributed by atoms with Crippen LogP contribution in [0.15, 0.2) is 11.1 Å². The highest BCUT2D eigenvalue weighted by Crippen LogP contribution is 2.45. The van der Waals surface area contributed by atoms with Gasteiger partial charge in [-0.2, -0.15) is 9.88 Å². The maximum Gasteiger partial charge on any atom is 0.488 e. The van der Waals surface area contributed by atoms with Gasteiger partial charge in [-0.15, -0.1) is 0 Å².